The fourth-order valence-electron chi connectivity index (χ4n) is 2.72. The molecule has 0 saturated heterocycles. The zero-order valence-electron chi connectivity index (χ0n) is 15.9. The molecule has 3 rings (SSSR count). The number of carbonyl (C=O) groups excluding carboxylic acids is 1. The van der Waals surface area contributed by atoms with Gasteiger partial charge in [-0.05, 0) is 25.5 Å². The first kappa shape index (κ1) is 20.5. The Balaban J connectivity index is 1.82. The SMILES string of the molecule is CCC(C)Nc1ccc(NC(=O)C2(c3ccccc3)NC=C(C(F)(F)F)O2)cn1. The summed E-state index contributed by atoms with van der Waals surface area (Å²) in [6.45, 7) is 4.04. The zero-order chi connectivity index (χ0) is 21.1. The van der Waals surface area contributed by atoms with Crippen molar-refractivity contribution in [2.24, 2.45) is 0 Å². The second-order valence-electron chi connectivity index (χ2n) is 6.64. The van der Waals surface area contributed by atoms with E-state index < -0.39 is 23.6 Å². The number of rotatable bonds is 6. The van der Waals surface area contributed by atoms with E-state index in [2.05, 4.69) is 20.9 Å². The van der Waals surface area contributed by atoms with Crippen molar-refractivity contribution >= 4 is 17.4 Å². The van der Waals surface area contributed by atoms with Crippen LogP contribution >= 0.6 is 0 Å². The van der Waals surface area contributed by atoms with Crippen molar-refractivity contribution in [2.75, 3.05) is 10.6 Å². The van der Waals surface area contributed by atoms with E-state index in [1.54, 1.807) is 30.3 Å². The molecule has 2 aromatic rings. The van der Waals surface area contributed by atoms with Crippen LogP contribution in [0.15, 0.2) is 60.6 Å². The highest BCUT2D eigenvalue weighted by atomic mass is 19.4. The van der Waals surface area contributed by atoms with Crippen molar-refractivity contribution in [3.8, 4) is 0 Å². The van der Waals surface area contributed by atoms with Crippen LogP contribution in [0.1, 0.15) is 25.8 Å². The molecule has 0 spiro atoms. The van der Waals surface area contributed by atoms with Gasteiger partial charge in [-0.15, -0.1) is 0 Å². The monoisotopic (exact) mass is 406 g/mol. The number of alkyl halides is 3. The molecule has 2 unspecified atom stereocenters. The Morgan fingerprint density at radius 1 is 1.24 bits per heavy atom. The minimum absolute atomic E-state index is 0.229. The maximum absolute atomic E-state index is 13.1. The van der Waals surface area contributed by atoms with Crippen molar-refractivity contribution in [3.63, 3.8) is 0 Å². The quantitative estimate of drug-likeness (QED) is 0.673. The van der Waals surface area contributed by atoms with Gasteiger partial charge in [0.2, 0.25) is 5.76 Å². The lowest BCUT2D eigenvalue weighted by molar-refractivity contribution is -0.162. The third kappa shape index (κ3) is 4.44. The number of anilines is 2. The second-order valence-corrected chi connectivity index (χ2v) is 6.64. The summed E-state index contributed by atoms with van der Waals surface area (Å²) in [5.41, 5.74) is -1.48. The number of allylic oxidation sites excluding steroid dienone is 1. The summed E-state index contributed by atoms with van der Waals surface area (Å²) in [6.07, 6.45) is -1.73. The summed E-state index contributed by atoms with van der Waals surface area (Å²) >= 11 is 0. The standard InChI is InChI=1S/C20H21F3N4O2/c1-3-13(2)26-17-10-9-15(11-24-17)27-18(28)19(14-7-5-4-6-8-14)25-12-16(29-19)20(21,22)23/h4-13,25H,3H2,1-2H3,(H,24,26)(H,27,28). The Morgan fingerprint density at radius 2 is 1.97 bits per heavy atom. The lowest BCUT2D eigenvalue weighted by atomic mass is 10.0. The molecule has 2 atom stereocenters. The molecular formula is C20H21F3N4O2. The molecule has 0 fully saturated rings. The van der Waals surface area contributed by atoms with E-state index in [9.17, 15) is 18.0 Å². The van der Waals surface area contributed by atoms with Crippen molar-refractivity contribution < 1.29 is 22.7 Å². The van der Waals surface area contributed by atoms with E-state index in [0.29, 0.717) is 17.7 Å². The maximum Gasteiger partial charge on any atom is 0.450 e. The zero-order valence-corrected chi connectivity index (χ0v) is 15.9. The number of carbonyl (C=O) groups is 1. The summed E-state index contributed by atoms with van der Waals surface area (Å²) < 4.78 is 44.4. The predicted octanol–water partition coefficient (Wildman–Crippen LogP) is 4.11. The van der Waals surface area contributed by atoms with E-state index in [-0.39, 0.29) is 11.6 Å². The van der Waals surface area contributed by atoms with Crippen LogP contribution in [-0.2, 0) is 15.3 Å². The number of amides is 1. The van der Waals surface area contributed by atoms with Crippen LogP contribution in [0, 0.1) is 0 Å². The van der Waals surface area contributed by atoms with Gasteiger partial charge in [-0.2, -0.15) is 13.2 Å². The first-order chi connectivity index (χ1) is 13.7. The number of hydrogen-bond acceptors (Lipinski definition) is 5. The molecule has 154 valence electrons. The van der Waals surface area contributed by atoms with Crippen LogP contribution in [0.5, 0.6) is 0 Å². The van der Waals surface area contributed by atoms with Crippen molar-refractivity contribution in [1.82, 2.24) is 10.3 Å². The third-order valence-electron chi connectivity index (χ3n) is 4.48. The molecule has 2 heterocycles. The summed E-state index contributed by atoms with van der Waals surface area (Å²) in [6, 6.07) is 11.5. The van der Waals surface area contributed by atoms with E-state index in [1.165, 1.54) is 18.3 Å². The van der Waals surface area contributed by atoms with Crippen molar-refractivity contribution in [2.45, 2.75) is 38.2 Å². The van der Waals surface area contributed by atoms with Gasteiger partial charge in [-0.25, -0.2) is 4.98 Å². The summed E-state index contributed by atoms with van der Waals surface area (Å²) in [7, 11) is 0. The smallest absolute Gasteiger partial charge is 0.448 e. The van der Waals surface area contributed by atoms with Crippen LogP contribution in [0.4, 0.5) is 24.7 Å². The van der Waals surface area contributed by atoms with Crippen LogP contribution in [-0.4, -0.2) is 23.1 Å². The molecule has 0 radical (unpaired) electrons. The Kier molecular flexibility index (Phi) is 5.67. The average molecular weight is 406 g/mol. The molecule has 0 saturated carbocycles. The average Bonchev–Trinajstić information content (AvgIpc) is 3.17. The van der Waals surface area contributed by atoms with Crippen LogP contribution in [0.2, 0.25) is 0 Å². The number of aromatic nitrogens is 1. The number of hydrogen-bond donors (Lipinski definition) is 3. The molecule has 6 nitrogen and oxygen atoms in total. The highest BCUT2D eigenvalue weighted by Crippen LogP contribution is 2.38. The molecule has 1 aromatic carbocycles. The molecule has 9 heteroatoms. The highest BCUT2D eigenvalue weighted by Gasteiger charge is 2.52. The van der Waals surface area contributed by atoms with Gasteiger partial charge in [0.1, 0.15) is 5.82 Å². The van der Waals surface area contributed by atoms with Crippen molar-refractivity contribution in [1.29, 1.82) is 0 Å². The topological polar surface area (TPSA) is 75.3 Å². The van der Waals surface area contributed by atoms with Crippen LogP contribution in [0.3, 0.4) is 0 Å². The van der Waals surface area contributed by atoms with Gasteiger partial charge < -0.3 is 20.7 Å². The second kappa shape index (κ2) is 8.02. The van der Waals surface area contributed by atoms with E-state index in [0.717, 1.165) is 6.42 Å². The van der Waals surface area contributed by atoms with Gasteiger partial charge in [0.25, 0.3) is 11.6 Å². The van der Waals surface area contributed by atoms with Gasteiger partial charge in [-0.3, -0.25) is 4.79 Å². The molecule has 0 bridgehead atoms. The van der Waals surface area contributed by atoms with Gasteiger partial charge in [0.05, 0.1) is 11.9 Å². The largest absolute Gasteiger partial charge is 0.450 e. The minimum Gasteiger partial charge on any atom is -0.448 e. The molecule has 1 amide bonds. The summed E-state index contributed by atoms with van der Waals surface area (Å²) in [4.78, 5) is 17.2. The van der Waals surface area contributed by atoms with E-state index >= 15 is 0 Å². The molecule has 1 aromatic heterocycles. The Labute approximate surface area is 166 Å². The molecule has 29 heavy (non-hydrogen) atoms. The molecule has 3 N–H and O–H groups in total. The Morgan fingerprint density at radius 3 is 2.52 bits per heavy atom. The van der Waals surface area contributed by atoms with E-state index in [4.69, 9.17) is 4.74 Å². The molecular weight excluding hydrogens is 385 g/mol. The number of nitrogens with one attached hydrogen (secondary N) is 3. The Hall–Kier alpha value is -3.23. The number of nitrogens with zero attached hydrogens (tertiary/aromatic N) is 1. The third-order valence-corrected chi connectivity index (χ3v) is 4.48. The number of ether oxygens (including phenoxy) is 1. The fraction of sp³-hybridized carbons (Fsp3) is 0.300. The normalized spacial score (nSPS) is 19.6. The number of halogens is 3. The fourth-order valence-corrected chi connectivity index (χ4v) is 2.72. The first-order valence-electron chi connectivity index (χ1n) is 9.08. The summed E-state index contributed by atoms with van der Waals surface area (Å²) in [5.74, 6) is -1.45. The maximum atomic E-state index is 13.1. The Bertz CT molecular complexity index is 885. The lowest BCUT2D eigenvalue weighted by Gasteiger charge is -2.29. The molecule has 0 aliphatic carbocycles. The summed E-state index contributed by atoms with van der Waals surface area (Å²) in [5, 5.41) is 8.22. The number of benzene rings is 1. The van der Waals surface area contributed by atoms with Crippen LogP contribution in [0.25, 0.3) is 0 Å². The minimum atomic E-state index is -4.73. The van der Waals surface area contributed by atoms with E-state index in [1.807, 2.05) is 13.8 Å². The van der Waals surface area contributed by atoms with Gasteiger partial charge in [0.15, 0.2) is 0 Å². The molecule has 1 aliphatic rings. The predicted molar refractivity (Wildman–Crippen MR) is 103 cm³/mol. The number of pyridine rings is 1. The van der Waals surface area contributed by atoms with Gasteiger partial charge in [-0.1, -0.05) is 37.3 Å². The van der Waals surface area contributed by atoms with Gasteiger partial charge in [0, 0.05) is 17.8 Å². The highest BCUT2D eigenvalue weighted by molar-refractivity contribution is 5.98. The lowest BCUT2D eigenvalue weighted by Crippen LogP contribution is -2.49. The first-order valence-corrected chi connectivity index (χ1v) is 9.08. The van der Waals surface area contributed by atoms with Crippen molar-refractivity contribution in [3.05, 3.63) is 66.2 Å². The molecule has 1 aliphatic heterocycles. The van der Waals surface area contributed by atoms with Gasteiger partial charge >= 0.3 is 6.18 Å². The van der Waals surface area contributed by atoms with Crippen LogP contribution < -0.4 is 16.0 Å².